The highest BCUT2D eigenvalue weighted by Crippen LogP contribution is 2.57. The van der Waals surface area contributed by atoms with Crippen LogP contribution in [0.15, 0.2) is 29.5 Å². The minimum atomic E-state index is -0.117. The zero-order chi connectivity index (χ0) is 27.9. The predicted molar refractivity (Wildman–Crippen MR) is 155 cm³/mol. The standard InChI is InChI=1S/C31H44ClN5O/c1-8-23(37-14-13-31(20-37)18-35-19-31)11-9-21(2)26(34)17-36(7)27-29(3,4)28(30(27,5)6)38-24-12-10-22(16-33)25(32)15-24/h10,12,15,23,27-28,35H,8,13-14,17-20,34H2,1-7H3/b26-21-/t23-,27?,28?/m0/s1. The topological polar surface area (TPSA) is 77.5 Å². The van der Waals surface area contributed by atoms with Gasteiger partial charge in [0.25, 0.3) is 0 Å². The Bertz CT molecular complexity index is 1170. The number of nitrogens with one attached hydrogen (secondary N) is 1. The fraction of sp³-hybridized carbons (Fsp3) is 0.645. The summed E-state index contributed by atoms with van der Waals surface area (Å²) < 4.78 is 6.45. The number of likely N-dealkylation sites (tertiary alicyclic amines) is 1. The van der Waals surface area contributed by atoms with E-state index in [2.05, 4.69) is 74.7 Å². The smallest absolute Gasteiger partial charge is 0.121 e. The van der Waals surface area contributed by atoms with Crippen LogP contribution in [-0.2, 0) is 0 Å². The van der Waals surface area contributed by atoms with Gasteiger partial charge < -0.3 is 15.8 Å². The zero-order valence-electron chi connectivity index (χ0n) is 24.1. The van der Waals surface area contributed by atoms with Crippen LogP contribution in [-0.4, -0.2) is 67.8 Å². The van der Waals surface area contributed by atoms with Crippen molar-refractivity contribution >= 4 is 11.6 Å². The van der Waals surface area contributed by atoms with Crippen LogP contribution in [0.4, 0.5) is 0 Å². The summed E-state index contributed by atoms with van der Waals surface area (Å²) >= 11 is 6.25. The molecule has 1 atom stereocenters. The van der Waals surface area contributed by atoms with E-state index in [1.165, 1.54) is 6.42 Å². The second-order valence-electron chi connectivity index (χ2n) is 12.9. The molecule has 1 aromatic rings. The number of hydrogen-bond donors (Lipinski definition) is 2. The van der Waals surface area contributed by atoms with Crippen molar-refractivity contribution in [1.82, 2.24) is 15.1 Å². The third-order valence-corrected chi connectivity index (χ3v) is 9.45. The highest BCUT2D eigenvalue weighted by Gasteiger charge is 2.64. The zero-order valence-corrected chi connectivity index (χ0v) is 24.9. The lowest BCUT2D eigenvalue weighted by Gasteiger charge is -2.65. The molecule has 0 unspecified atom stereocenters. The normalized spacial score (nSPS) is 26.4. The molecule has 0 aromatic heterocycles. The number of halogens is 1. The van der Waals surface area contributed by atoms with Crippen LogP contribution in [0.1, 0.15) is 59.9 Å². The molecule has 7 heteroatoms. The van der Waals surface area contributed by atoms with Crippen LogP contribution in [0.2, 0.25) is 5.02 Å². The van der Waals surface area contributed by atoms with E-state index < -0.39 is 0 Å². The van der Waals surface area contributed by atoms with Gasteiger partial charge in [-0.25, -0.2) is 0 Å². The number of nitrogens with zero attached hydrogens (tertiary/aromatic N) is 3. The Morgan fingerprint density at radius 1 is 1.29 bits per heavy atom. The van der Waals surface area contributed by atoms with Gasteiger partial charge in [-0.2, -0.15) is 5.26 Å². The van der Waals surface area contributed by atoms with Crippen LogP contribution in [0.25, 0.3) is 0 Å². The van der Waals surface area contributed by atoms with E-state index in [4.69, 9.17) is 27.3 Å². The lowest BCUT2D eigenvalue weighted by molar-refractivity contribution is -0.203. The van der Waals surface area contributed by atoms with Gasteiger partial charge in [0, 0.05) is 72.3 Å². The van der Waals surface area contributed by atoms with Crippen molar-refractivity contribution in [2.24, 2.45) is 22.0 Å². The number of benzene rings is 1. The van der Waals surface area contributed by atoms with Crippen LogP contribution < -0.4 is 15.8 Å². The summed E-state index contributed by atoms with van der Waals surface area (Å²) in [5.74, 6) is 7.64. The molecule has 0 bridgehead atoms. The third kappa shape index (κ3) is 5.30. The molecular formula is C31H44ClN5O. The van der Waals surface area contributed by atoms with Crippen LogP contribution in [0.5, 0.6) is 5.75 Å². The monoisotopic (exact) mass is 537 g/mol. The minimum absolute atomic E-state index is 0.0162. The van der Waals surface area contributed by atoms with Gasteiger partial charge in [0.05, 0.1) is 16.6 Å². The first-order chi connectivity index (χ1) is 17.8. The van der Waals surface area contributed by atoms with Crippen LogP contribution in [0.3, 0.4) is 0 Å². The van der Waals surface area contributed by atoms with Crippen molar-refractivity contribution in [3.05, 3.63) is 40.1 Å². The summed E-state index contributed by atoms with van der Waals surface area (Å²) in [5.41, 5.74) is 9.10. The molecule has 3 fully saturated rings. The van der Waals surface area contributed by atoms with Gasteiger partial charge in [-0.3, -0.25) is 9.80 Å². The molecule has 1 aromatic carbocycles. The van der Waals surface area contributed by atoms with Crippen molar-refractivity contribution in [1.29, 1.82) is 5.26 Å². The molecule has 2 saturated heterocycles. The van der Waals surface area contributed by atoms with E-state index in [-0.39, 0.29) is 29.0 Å². The van der Waals surface area contributed by atoms with E-state index in [1.54, 1.807) is 12.1 Å². The molecule has 3 aliphatic rings. The highest BCUT2D eigenvalue weighted by atomic mass is 35.5. The van der Waals surface area contributed by atoms with Gasteiger partial charge in [0.2, 0.25) is 0 Å². The number of rotatable bonds is 7. The summed E-state index contributed by atoms with van der Waals surface area (Å²) in [6, 6.07) is 7.92. The lowest BCUT2D eigenvalue weighted by atomic mass is 9.49. The van der Waals surface area contributed by atoms with Crippen molar-refractivity contribution in [2.45, 2.75) is 72.6 Å². The number of nitriles is 1. The number of allylic oxidation sites excluding steroid dienone is 1. The molecule has 1 spiro atoms. The van der Waals surface area contributed by atoms with Crippen LogP contribution >= 0.6 is 11.6 Å². The number of hydrogen-bond acceptors (Lipinski definition) is 6. The Kier molecular flexibility index (Phi) is 8.14. The molecule has 2 heterocycles. The Balaban J connectivity index is 1.41. The molecule has 1 aliphatic carbocycles. The Hall–Kier alpha value is -2.22. The Morgan fingerprint density at radius 3 is 2.50 bits per heavy atom. The lowest BCUT2D eigenvalue weighted by Crippen LogP contribution is -2.74. The molecule has 2 aliphatic heterocycles. The first-order valence-corrected chi connectivity index (χ1v) is 14.2. The Labute approximate surface area is 234 Å². The van der Waals surface area contributed by atoms with Gasteiger partial charge in [0.1, 0.15) is 17.9 Å². The second kappa shape index (κ2) is 10.7. The number of nitrogens with two attached hydrogens (primary N) is 1. The van der Waals surface area contributed by atoms with Crippen molar-refractivity contribution in [3.8, 4) is 23.7 Å². The average Bonchev–Trinajstić information content (AvgIpc) is 3.28. The fourth-order valence-corrected chi connectivity index (χ4v) is 7.76. The summed E-state index contributed by atoms with van der Waals surface area (Å²) in [5, 5.41) is 13.0. The second-order valence-corrected chi connectivity index (χ2v) is 13.3. The predicted octanol–water partition coefficient (Wildman–Crippen LogP) is 4.64. The molecule has 6 nitrogen and oxygen atoms in total. The molecule has 1 saturated carbocycles. The largest absolute Gasteiger partial charge is 0.489 e. The molecule has 0 radical (unpaired) electrons. The summed E-state index contributed by atoms with van der Waals surface area (Å²) in [6.07, 6.45) is 2.29. The molecule has 206 valence electrons. The SMILES string of the molecule is CC[C@@H](C#C/C(C)=C(\N)CN(C)C1C(C)(C)C(Oc2ccc(C#N)c(Cl)c2)C1(C)C)N1CCC2(CNC2)C1. The molecule has 38 heavy (non-hydrogen) atoms. The van der Waals surface area contributed by atoms with Gasteiger partial charge in [-0.15, -0.1) is 0 Å². The van der Waals surface area contributed by atoms with E-state index in [0.29, 0.717) is 28.3 Å². The molecule has 0 amide bonds. The number of likely N-dealkylation sites (N-methyl/N-ethyl adjacent to an activating group) is 1. The summed E-state index contributed by atoms with van der Waals surface area (Å²) in [4.78, 5) is 4.90. The summed E-state index contributed by atoms with van der Waals surface area (Å²) in [7, 11) is 2.14. The molecular weight excluding hydrogens is 494 g/mol. The summed E-state index contributed by atoms with van der Waals surface area (Å²) in [6.45, 7) is 18.5. The first-order valence-electron chi connectivity index (χ1n) is 13.8. The Morgan fingerprint density at radius 2 is 1.97 bits per heavy atom. The van der Waals surface area contributed by atoms with Gasteiger partial charge in [0.15, 0.2) is 0 Å². The first kappa shape index (κ1) is 28.8. The number of ether oxygens (including phenoxy) is 1. The maximum absolute atomic E-state index is 9.17. The minimum Gasteiger partial charge on any atom is -0.489 e. The maximum Gasteiger partial charge on any atom is 0.121 e. The fourth-order valence-electron chi connectivity index (χ4n) is 7.55. The highest BCUT2D eigenvalue weighted by molar-refractivity contribution is 6.31. The van der Waals surface area contributed by atoms with Gasteiger partial charge in [-0.1, -0.05) is 58.1 Å². The third-order valence-electron chi connectivity index (χ3n) is 9.14. The van der Waals surface area contributed by atoms with E-state index in [1.807, 2.05) is 13.0 Å². The van der Waals surface area contributed by atoms with Crippen molar-refractivity contribution in [2.75, 3.05) is 39.8 Å². The van der Waals surface area contributed by atoms with E-state index in [0.717, 1.165) is 43.9 Å². The van der Waals surface area contributed by atoms with Gasteiger partial charge >= 0.3 is 0 Å². The molecule has 4 rings (SSSR count). The van der Waals surface area contributed by atoms with Crippen molar-refractivity contribution in [3.63, 3.8) is 0 Å². The van der Waals surface area contributed by atoms with E-state index in [9.17, 15) is 0 Å². The maximum atomic E-state index is 9.17. The van der Waals surface area contributed by atoms with E-state index >= 15 is 0 Å². The van der Waals surface area contributed by atoms with Crippen molar-refractivity contribution < 1.29 is 4.74 Å². The average molecular weight is 538 g/mol. The molecule has 3 N–H and O–H groups in total. The quantitative estimate of drug-likeness (QED) is 0.494. The van der Waals surface area contributed by atoms with Gasteiger partial charge in [-0.05, 0) is 38.9 Å². The van der Waals surface area contributed by atoms with Crippen LogP contribution in [0, 0.1) is 39.4 Å².